The summed E-state index contributed by atoms with van der Waals surface area (Å²) in [4.78, 5) is 30.2. The number of hydrogen-bond acceptors (Lipinski definition) is 6. The van der Waals surface area contributed by atoms with Gasteiger partial charge in [-0.05, 0) is 48.5 Å². The molecule has 0 fully saturated rings. The van der Waals surface area contributed by atoms with Crippen molar-refractivity contribution in [1.29, 1.82) is 0 Å². The van der Waals surface area contributed by atoms with Gasteiger partial charge in [0.2, 0.25) is 0 Å². The molecule has 0 radical (unpaired) electrons. The summed E-state index contributed by atoms with van der Waals surface area (Å²) in [5.74, 6) is 0.336. The first-order valence-corrected chi connectivity index (χ1v) is 10.2. The van der Waals surface area contributed by atoms with Gasteiger partial charge in [0.25, 0.3) is 5.56 Å². The molecule has 6 nitrogen and oxygen atoms in total. The van der Waals surface area contributed by atoms with Crippen LogP contribution in [0, 0.1) is 0 Å². The van der Waals surface area contributed by atoms with Crippen molar-refractivity contribution < 1.29 is 22.7 Å². The van der Waals surface area contributed by atoms with E-state index in [0.29, 0.717) is 27.4 Å². The molecular formula is C22H16F2N2O4S. The second-order valence-corrected chi connectivity index (χ2v) is 7.44. The number of ether oxygens (including phenoxy) is 1. The van der Waals surface area contributed by atoms with Crippen molar-refractivity contribution in [2.24, 2.45) is 0 Å². The number of furan rings is 1. The standard InChI is InChI=1S/C22H16F2N2O4S/c23-21(24)30-15-9-7-14(8-10-15)19(27)13-31-22-25-18-6-2-1-5-17(18)20(28)26(22)12-16-4-3-11-29-16/h1-11,21H,12-13H2. The van der Waals surface area contributed by atoms with Gasteiger partial charge in [-0.15, -0.1) is 0 Å². The van der Waals surface area contributed by atoms with E-state index in [1.165, 1.54) is 35.1 Å². The number of hydrogen-bond donors (Lipinski definition) is 0. The lowest BCUT2D eigenvalue weighted by atomic mass is 10.1. The molecule has 158 valence electrons. The fourth-order valence-electron chi connectivity index (χ4n) is 2.99. The van der Waals surface area contributed by atoms with Crippen LogP contribution >= 0.6 is 11.8 Å². The number of halogens is 2. The van der Waals surface area contributed by atoms with E-state index in [4.69, 9.17) is 4.42 Å². The van der Waals surface area contributed by atoms with Gasteiger partial charge < -0.3 is 9.15 Å². The predicted molar refractivity (Wildman–Crippen MR) is 112 cm³/mol. The molecule has 0 aliphatic heterocycles. The van der Waals surface area contributed by atoms with E-state index in [0.717, 1.165) is 11.8 Å². The number of para-hydroxylation sites is 1. The molecule has 0 spiro atoms. The molecule has 4 rings (SSSR count). The van der Waals surface area contributed by atoms with E-state index in [1.807, 2.05) is 0 Å². The van der Waals surface area contributed by atoms with Gasteiger partial charge in [-0.3, -0.25) is 14.2 Å². The van der Waals surface area contributed by atoms with Crippen molar-refractivity contribution in [3.05, 3.63) is 88.6 Å². The van der Waals surface area contributed by atoms with Gasteiger partial charge in [0, 0.05) is 5.56 Å². The Labute approximate surface area is 179 Å². The first kappa shape index (κ1) is 20.8. The Kier molecular flexibility index (Phi) is 6.13. The van der Waals surface area contributed by atoms with Crippen LogP contribution in [0.1, 0.15) is 16.1 Å². The largest absolute Gasteiger partial charge is 0.467 e. The van der Waals surface area contributed by atoms with Crippen LogP contribution in [-0.4, -0.2) is 27.7 Å². The molecule has 0 saturated heterocycles. The molecule has 9 heteroatoms. The van der Waals surface area contributed by atoms with Gasteiger partial charge in [0.1, 0.15) is 11.5 Å². The minimum Gasteiger partial charge on any atom is -0.467 e. The second kappa shape index (κ2) is 9.13. The molecule has 31 heavy (non-hydrogen) atoms. The molecule has 0 N–H and O–H groups in total. The molecular weight excluding hydrogens is 426 g/mol. The Morgan fingerprint density at radius 3 is 2.58 bits per heavy atom. The number of rotatable bonds is 8. The van der Waals surface area contributed by atoms with Gasteiger partial charge >= 0.3 is 6.61 Å². The molecule has 0 atom stereocenters. The van der Waals surface area contributed by atoms with Crippen molar-refractivity contribution in [2.75, 3.05) is 5.75 Å². The maximum Gasteiger partial charge on any atom is 0.387 e. The van der Waals surface area contributed by atoms with Crippen molar-refractivity contribution in [3.63, 3.8) is 0 Å². The maximum absolute atomic E-state index is 13.0. The van der Waals surface area contributed by atoms with Crippen LogP contribution < -0.4 is 10.3 Å². The first-order chi connectivity index (χ1) is 15.0. The Bertz CT molecular complexity index is 1250. The van der Waals surface area contributed by atoms with E-state index < -0.39 is 6.61 Å². The number of ketones is 1. The molecule has 2 heterocycles. The fourth-order valence-corrected chi connectivity index (χ4v) is 3.88. The molecule has 0 saturated carbocycles. The van der Waals surface area contributed by atoms with Gasteiger partial charge in [-0.2, -0.15) is 8.78 Å². The lowest BCUT2D eigenvalue weighted by Crippen LogP contribution is -2.24. The number of nitrogens with zero attached hydrogens (tertiary/aromatic N) is 2. The van der Waals surface area contributed by atoms with E-state index >= 15 is 0 Å². The zero-order valence-corrected chi connectivity index (χ0v) is 16.9. The number of carbonyl (C=O) groups is 1. The number of carbonyl (C=O) groups excluding carboxylic acids is 1. The monoisotopic (exact) mass is 442 g/mol. The third-order valence-electron chi connectivity index (χ3n) is 4.45. The zero-order chi connectivity index (χ0) is 21.8. The summed E-state index contributed by atoms with van der Waals surface area (Å²) < 4.78 is 35.7. The number of fused-ring (bicyclic) bond motifs is 1. The summed E-state index contributed by atoms with van der Waals surface area (Å²) in [6.45, 7) is -2.75. The zero-order valence-electron chi connectivity index (χ0n) is 16.0. The van der Waals surface area contributed by atoms with Crippen LogP contribution in [0.15, 0.2) is 81.3 Å². The number of thioether (sulfide) groups is 1. The topological polar surface area (TPSA) is 74.3 Å². The van der Waals surface area contributed by atoms with E-state index in [1.54, 1.807) is 36.4 Å². The first-order valence-electron chi connectivity index (χ1n) is 9.24. The smallest absolute Gasteiger partial charge is 0.387 e. The van der Waals surface area contributed by atoms with Crippen LogP contribution in [0.5, 0.6) is 5.75 Å². The summed E-state index contributed by atoms with van der Waals surface area (Å²) in [5.41, 5.74) is 0.645. The Hall–Kier alpha value is -3.46. The average molecular weight is 442 g/mol. The van der Waals surface area contributed by atoms with E-state index in [9.17, 15) is 18.4 Å². The average Bonchev–Trinajstić information content (AvgIpc) is 3.28. The molecule has 0 amide bonds. The number of Topliss-reactive ketones (excluding diaryl/α,β-unsaturated/α-hetero) is 1. The molecule has 0 aliphatic carbocycles. The van der Waals surface area contributed by atoms with Crippen LogP contribution in [-0.2, 0) is 6.54 Å². The summed E-state index contributed by atoms with van der Waals surface area (Å²) in [5, 5.41) is 0.852. The van der Waals surface area contributed by atoms with E-state index in [2.05, 4.69) is 9.72 Å². The molecule has 4 aromatic rings. The van der Waals surface area contributed by atoms with E-state index in [-0.39, 0.29) is 29.4 Å². The van der Waals surface area contributed by atoms with Gasteiger partial charge in [0.15, 0.2) is 10.9 Å². The van der Waals surface area contributed by atoms with Crippen molar-refractivity contribution in [2.45, 2.75) is 18.3 Å². The number of aromatic nitrogens is 2. The third-order valence-corrected chi connectivity index (χ3v) is 5.43. The van der Waals surface area contributed by atoms with Crippen LogP contribution in [0.25, 0.3) is 10.9 Å². The fraction of sp³-hybridized carbons (Fsp3) is 0.136. The van der Waals surface area contributed by atoms with Crippen molar-refractivity contribution in [1.82, 2.24) is 9.55 Å². The highest BCUT2D eigenvalue weighted by Gasteiger charge is 2.15. The molecule has 0 aliphatic rings. The summed E-state index contributed by atoms with van der Waals surface area (Å²) in [6, 6.07) is 15.9. The highest BCUT2D eigenvalue weighted by atomic mass is 32.2. The predicted octanol–water partition coefficient (Wildman–Crippen LogP) is 4.61. The van der Waals surface area contributed by atoms with Crippen LogP contribution in [0.3, 0.4) is 0 Å². The summed E-state index contributed by atoms with van der Waals surface area (Å²) >= 11 is 1.13. The molecule has 0 unspecified atom stereocenters. The van der Waals surface area contributed by atoms with Crippen LogP contribution in [0.4, 0.5) is 8.78 Å². The normalized spacial score (nSPS) is 11.2. The second-order valence-electron chi connectivity index (χ2n) is 6.50. The van der Waals surface area contributed by atoms with Gasteiger partial charge in [-0.25, -0.2) is 4.98 Å². The number of benzene rings is 2. The summed E-state index contributed by atoms with van der Waals surface area (Å²) in [7, 11) is 0. The SMILES string of the molecule is O=C(CSc1nc2ccccc2c(=O)n1Cc1ccco1)c1ccc(OC(F)F)cc1. The lowest BCUT2D eigenvalue weighted by Gasteiger charge is -2.12. The van der Waals surface area contributed by atoms with Crippen molar-refractivity contribution >= 4 is 28.4 Å². The maximum atomic E-state index is 13.0. The Balaban J connectivity index is 1.58. The van der Waals surface area contributed by atoms with Crippen LogP contribution in [0.2, 0.25) is 0 Å². The third kappa shape index (κ3) is 4.83. The lowest BCUT2D eigenvalue weighted by molar-refractivity contribution is -0.0498. The van der Waals surface area contributed by atoms with Gasteiger partial charge in [0.05, 0.1) is 29.5 Å². The molecule has 0 bridgehead atoms. The minimum absolute atomic E-state index is 0.0119. The molecule has 2 aromatic carbocycles. The summed E-state index contributed by atoms with van der Waals surface area (Å²) in [6.07, 6.45) is 1.52. The highest BCUT2D eigenvalue weighted by Crippen LogP contribution is 2.21. The Morgan fingerprint density at radius 2 is 1.87 bits per heavy atom. The van der Waals surface area contributed by atoms with Gasteiger partial charge in [-0.1, -0.05) is 23.9 Å². The quantitative estimate of drug-likeness (QED) is 0.225. The number of alkyl halides is 2. The highest BCUT2D eigenvalue weighted by molar-refractivity contribution is 7.99. The minimum atomic E-state index is -2.93. The molecule has 2 aromatic heterocycles. The Morgan fingerprint density at radius 1 is 1.10 bits per heavy atom. The van der Waals surface area contributed by atoms with Crippen molar-refractivity contribution in [3.8, 4) is 5.75 Å².